The van der Waals surface area contributed by atoms with E-state index in [0.717, 1.165) is 15.7 Å². The lowest BCUT2D eigenvalue weighted by atomic mass is 9.79. The third-order valence-corrected chi connectivity index (χ3v) is 7.10. The van der Waals surface area contributed by atoms with E-state index in [-0.39, 0.29) is 12.1 Å². The van der Waals surface area contributed by atoms with Gasteiger partial charge in [0.1, 0.15) is 17.9 Å². The fraction of sp³-hybridized carbons (Fsp3) is 0.143. The van der Waals surface area contributed by atoms with Gasteiger partial charge in [0.25, 0.3) is 5.56 Å². The Labute approximate surface area is 211 Å². The minimum Gasteiger partial charge on any atom is -0.489 e. The van der Waals surface area contributed by atoms with Crippen LogP contribution in [0.3, 0.4) is 0 Å². The second-order valence-electron chi connectivity index (χ2n) is 8.78. The summed E-state index contributed by atoms with van der Waals surface area (Å²) in [5.41, 5.74) is 9.98. The second-order valence-corrected chi connectivity index (χ2v) is 9.19. The third-order valence-electron chi connectivity index (χ3n) is 6.73. The maximum absolute atomic E-state index is 13.1. The van der Waals surface area contributed by atoms with Crippen LogP contribution in [0.1, 0.15) is 26.5 Å². The fourth-order valence-electron chi connectivity index (χ4n) is 4.86. The fourth-order valence-corrected chi connectivity index (χ4v) is 5.03. The number of hydrogen-bond acceptors (Lipinski definition) is 4. The molecule has 174 valence electrons. The average molecular weight is 486 g/mol. The van der Waals surface area contributed by atoms with Crippen LogP contribution in [0.5, 0.6) is 5.75 Å². The van der Waals surface area contributed by atoms with Crippen molar-refractivity contribution in [3.05, 3.63) is 117 Å². The van der Waals surface area contributed by atoms with E-state index in [1.165, 1.54) is 6.07 Å². The number of nitrogens with two attached hydrogens (primary N) is 1. The minimum absolute atomic E-state index is 0.200. The van der Waals surface area contributed by atoms with Crippen molar-refractivity contribution in [2.75, 3.05) is 0 Å². The van der Waals surface area contributed by atoms with E-state index in [2.05, 4.69) is 4.98 Å². The van der Waals surface area contributed by atoms with Crippen molar-refractivity contribution < 1.29 is 8.85 Å². The van der Waals surface area contributed by atoms with Crippen LogP contribution >= 0.6 is 11.6 Å². The van der Waals surface area contributed by atoms with Gasteiger partial charge >= 0.3 is 0 Å². The largest absolute Gasteiger partial charge is 0.489 e. The Hall–Kier alpha value is -3.87. The van der Waals surface area contributed by atoms with Gasteiger partial charge in [0.15, 0.2) is 0 Å². The lowest BCUT2D eigenvalue weighted by Gasteiger charge is -2.32. The van der Waals surface area contributed by atoms with Crippen LogP contribution in [0, 0.1) is 0 Å². The van der Waals surface area contributed by atoms with Gasteiger partial charge in [-0.1, -0.05) is 35.9 Å². The van der Waals surface area contributed by atoms with E-state index in [4.69, 9.17) is 26.2 Å². The summed E-state index contributed by atoms with van der Waals surface area (Å²) in [5.74, 6) is 0.582. The van der Waals surface area contributed by atoms with Crippen molar-refractivity contribution in [1.29, 1.82) is 0 Å². The summed E-state index contributed by atoms with van der Waals surface area (Å²) in [4.78, 5) is 17.5. The predicted octanol–water partition coefficient (Wildman–Crippen LogP) is 4.74. The number of imidazole rings is 1. The minimum atomic E-state index is -2.67. The number of halogens is 1. The van der Waals surface area contributed by atoms with Gasteiger partial charge < -0.3 is 19.6 Å². The van der Waals surface area contributed by atoms with Gasteiger partial charge in [-0.25, -0.2) is 4.98 Å². The van der Waals surface area contributed by atoms with Gasteiger partial charge in [0, 0.05) is 40.2 Å². The third kappa shape index (κ3) is 3.29. The number of aryl methyl sites for hydroxylation is 2. The van der Waals surface area contributed by atoms with E-state index in [0.29, 0.717) is 38.5 Å². The van der Waals surface area contributed by atoms with Crippen molar-refractivity contribution in [2.45, 2.75) is 12.1 Å². The lowest BCUT2D eigenvalue weighted by Crippen LogP contribution is -2.41. The number of pyridine rings is 1. The monoisotopic (exact) mass is 485 g/mol. The molecule has 6 bridgehead atoms. The molecule has 0 fully saturated rings. The number of hydrogen-bond donors (Lipinski definition) is 1. The van der Waals surface area contributed by atoms with Gasteiger partial charge in [-0.3, -0.25) is 4.79 Å². The van der Waals surface area contributed by atoms with Crippen molar-refractivity contribution in [3.8, 4) is 16.9 Å². The molecule has 2 N–H and O–H groups in total. The van der Waals surface area contributed by atoms with Crippen LogP contribution in [-0.2, 0) is 26.2 Å². The summed E-state index contributed by atoms with van der Waals surface area (Å²) >= 11 is 6.56. The zero-order valence-electron chi connectivity index (χ0n) is 21.8. The number of ether oxygens (including phenoxy) is 1. The first-order chi connectivity index (χ1) is 18.1. The SMILES string of the molecule is [2H]C([2H])([2H])n1c(=O)cc2c3cc(ccc31)[C@@](N)(c1cncn1C)c1ccc(Cl)c(c1)COc1cccc-2c1. The molecule has 3 heterocycles. The maximum atomic E-state index is 13.1. The highest BCUT2D eigenvalue weighted by Crippen LogP contribution is 2.39. The molecule has 1 aliphatic heterocycles. The summed E-state index contributed by atoms with van der Waals surface area (Å²) < 4.78 is 32.9. The quantitative estimate of drug-likeness (QED) is 0.372. The van der Waals surface area contributed by atoms with E-state index in [9.17, 15) is 4.79 Å². The van der Waals surface area contributed by atoms with Gasteiger partial charge in [0.2, 0.25) is 0 Å². The highest BCUT2D eigenvalue weighted by molar-refractivity contribution is 6.31. The van der Waals surface area contributed by atoms with E-state index >= 15 is 0 Å². The lowest BCUT2D eigenvalue weighted by molar-refractivity contribution is 0.306. The summed E-state index contributed by atoms with van der Waals surface area (Å²) in [6.45, 7) is -2.47. The number of rotatable bonds is 1. The van der Waals surface area contributed by atoms with E-state index < -0.39 is 18.1 Å². The Morgan fingerprint density at radius 2 is 1.94 bits per heavy atom. The van der Waals surface area contributed by atoms with Gasteiger partial charge in [-0.05, 0) is 58.7 Å². The van der Waals surface area contributed by atoms with Gasteiger partial charge in [-0.2, -0.15) is 0 Å². The molecule has 3 aromatic carbocycles. The number of nitrogens with zero attached hydrogens (tertiary/aromatic N) is 3. The molecule has 0 saturated carbocycles. The van der Waals surface area contributed by atoms with E-state index in [1.54, 1.807) is 30.7 Å². The normalized spacial score (nSPS) is 18.5. The van der Waals surface area contributed by atoms with Crippen molar-refractivity contribution in [3.63, 3.8) is 0 Å². The number of aromatic nitrogens is 3. The Bertz CT molecular complexity index is 1790. The molecule has 0 amide bonds. The molecule has 0 saturated heterocycles. The Morgan fingerprint density at radius 1 is 1.11 bits per heavy atom. The van der Waals surface area contributed by atoms with Crippen LogP contribution < -0.4 is 16.0 Å². The molecule has 2 aromatic heterocycles. The zero-order valence-corrected chi connectivity index (χ0v) is 19.6. The number of benzene rings is 3. The van der Waals surface area contributed by atoms with Crippen LogP contribution in [0.4, 0.5) is 0 Å². The van der Waals surface area contributed by atoms with Crippen LogP contribution in [0.2, 0.25) is 5.02 Å². The Balaban J connectivity index is 1.78. The zero-order chi connectivity index (χ0) is 26.8. The van der Waals surface area contributed by atoms with Gasteiger partial charge in [-0.15, -0.1) is 0 Å². The first-order valence-electron chi connectivity index (χ1n) is 12.6. The highest BCUT2D eigenvalue weighted by atomic mass is 35.5. The molecule has 5 aromatic rings. The van der Waals surface area contributed by atoms with Crippen LogP contribution in [-0.4, -0.2) is 14.1 Å². The molecule has 7 heteroatoms. The molecular weight excluding hydrogens is 460 g/mol. The summed E-state index contributed by atoms with van der Waals surface area (Å²) in [6, 6.07) is 19.6. The topological polar surface area (TPSA) is 75.1 Å². The van der Waals surface area contributed by atoms with Crippen molar-refractivity contribution in [1.82, 2.24) is 14.1 Å². The molecular formula is C28H23ClN4O2. The summed E-state index contributed by atoms with van der Waals surface area (Å²) in [5, 5.41) is 1.11. The molecule has 0 aliphatic carbocycles. The highest BCUT2D eigenvalue weighted by Gasteiger charge is 2.35. The standard InChI is InChI=1S/C28H23ClN4O2/c1-32-16-31-14-26(32)28(30)19-6-8-24(29)18(10-19)15-35-21-5-3-4-17(11-21)22-13-27(34)33(2)25-9-7-20(28)12-23(22)25/h3-14,16H,15,30H2,1-2H3/t28-/m1/s1/i2D3. The molecule has 6 rings (SSSR count). The smallest absolute Gasteiger partial charge is 0.251 e. The molecule has 0 spiro atoms. The molecule has 6 nitrogen and oxygen atoms in total. The van der Waals surface area contributed by atoms with Crippen LogP contribution in [0.25, 0.3) is 22.0 Å². The molecule has 0 unspecified atom stereocenters. The van der Waals surface area contributed by atoms with Crippen LogP contribution in [0.15, 0.2) is 84.0 Å². The van der Waals surface area contributed by atoms with Crippen molar-refractivity contribution >= 4 is 22.5 Å². The van der Waals surface area contributed by atoms with Crippen molar-refractivity contribution in [2.24, 2.45) is 19.8 Å². The summed E-state index contributed by atoms with van der Waals surface area (Å²) in [6.07, 6.45) is 3.38. The average Bonchev–Trinajstić information content (AvgIpc) is 3.32. The van der Waals surface area contributed by atoms with Gasteiger partial charge in [0.05, 0.1) is 23.7 Å². The molecule has 35 heavy (non-hydrogen) atoms. The Kier molecular flexibility index (Phi) is 4.13. The maximum Gasteiger partial charge on any atom is 0.251 e. The summed E-state index contributed by atoms with van der Waals surface area (Å²) in [7, 11) is 1.86. The molecule has 1 aliphatic rings. The molecule has 1 atom stereocenters. The first kappa shape index (κ1) is 18.5. The van der Waals surface area contributed by atoms with E-state index in [1.807, 2.05) is 54.1 Å². The number of fused-ring (bicyclic) bond motifs is 6. The predicted molar refractivity (Wildman–Crippen MR) is 138 cm³/mol. The second kappa shape index (κ2) is 7.83. The Morgan fingerprint density at radius 3 is 2.74 bits per heavy atom. The molecule has 0 radical (unpaired) electrons. The first-order valence-corrected chi connectivity index (χ1v) is 11.4.